The minimum Gasteiger partial charge on any atom is -0.330 e. The smallest absolute Gasteiger partial charge is 0.234 e. The summed E-state index contributed by atoms with van der Waals surface area (Å²) in [7, 11) is 0. The summed E-state index contributed by atoms with van der Waals surface area (Å²) in [5, 5.41) is 3.03. The first-order chi connectivity index (χ1) is 8.89. The maximum Gasteiger partial charge on any atom is 0.234 e. The highest BCUT2D eigenvalue weighted by Gasteiger charge is 2.39. The molecule has 0 bridgehead atoms. The van der Waals surface area contributed by atoms with Gasteiger partial charge in [0.1, 0.15) is 0 Å². The number of nitrogens with one attached hydrogen (secondary N) is 1. The molecule has 0 saturated heterocycles. The molecule has 0 radical (unpaired) electrons. The number of aryl methyl sites for hydroxylation is 1. The van der Waals surface area contributed by atoms with Gasteiger partial charge in [0.15, 0.2) is 0 Å². The van der Waals surface area contributed by atoms with E-state index < -0.39 is 5.41 Å². The number of benzene rings is 1. The molecule has 0 aliphatic carbocycles. The van der Waals surface area contributed by atoms with Crippen molar-refractivity contribution in [2.24, 2.45) is 5.73 Å². The van der Waals surface area contributed by atoms with Crippen LogP contribution in [0.25, 0.3) is 0 Å². The largest absolute Gasteiger partial charge is 0.330 e. The Kier molecular flexibility index (Phi) is 3.68. The van der Waals surface area contributed by atoms with Crippen LogP contribution in [0.5, 0.6) is 0 Å². The van der Waals surface area contributed by atoms with Crippen LogP contribution in [0, 0.1) is 13.8 Å². The number of anilines is 1. The first kappa shape index (κ1) is 14.1. The average Bonchev–Trinajstić information content (AvgIpc) is 2.58. The predicted octanol–water partition coefficient (Wildman–Crippen LogP) is 2.81. The van der Waals surface area contributed by atoms with Gasteiger partial charge in [-0.15, -0.1) is 0 Å². The van der Waals surface area contributed by atoms with E-state index in [1.54, 1.807) is 0 Å². The van der Waals surface area contributed by atoms with Gasteiger partial charge in [0, 0.05) is 5.69 Å². The fraction of sp³-hybridized carbons (Fsp3) is 0.562. The molecule has 3 N–H and O–H groups in total. The molecule has 0 atom stereocenters. The molecule has 1 aliphatic heterocycles. The second kappa shape index (κ2) is 4.97. The second-order valence-corrected chi connectivity index (χ2v) is 6.03. The highest BCUT2D eigenvalue weighted by atomic mass is 16.2. The third-order valence-corrected chi connectivity index (χ3v) is 4.39. The first-order valence-corrected chi connectivity index (χ1v) is 7.04. The van der Waals surface area contributed by atoms with E-state index in [4.69, 9.17) is 5.73 Å². The van der Waals surface area contributed by atoms with Crippen LogP contribution in [0.4, 0.5) is 5.69 Å². The van der Waals surface area contributed by atoms with Crippen LogP contribution in [0.3, 0.4) is 0 Å². The molecule has 0 unspecified atom stereocenters. The summed E-state index contributed by atoms with van der Waals surface area (Å²) in [6.45, 7) is 8.97. The molecule has 0 saturated carbocycles. The zero-order valence-corrected chi connectivity index (χ0v) is 12.4. The molecule has 104 valence electrons. The van der Waals surface area contributed by atoms with Crippen molar-refractivity contribution < 1.29 is 4.79 Å². The Labute approximate surface area is 115 Å². The van der Waals surface area contributed by atoms with E-state index in [0.717, 1.165) is 37.1 Å². The summed E-state index contributed by atoms with van der Waals surface area (Å²) < 4.78 is 0. The van der Waals surface area contributed by atoms with Gasteiger partial charge in [-0.05, 0) is 75.8 Å². The lowest BCUT2D eigenvalue weighted by atomic mass is 9.82. The Balaban J connectivity index is 2.42. The number of unbranched alkanes of at least 4 members (excludes halogenated alkanes) is 1. The van der Waals surface area contributed by atoms with Crippen LogP contribution in [-0.2, 0) is 16.6 Å². The molecule has 3 heteroatoms. The van der Waals surface area contributed by atoms with Crippen LogP contribution < -0.4 is 11.1 Å². The van der Waals surface area contributed by atoms with Gasteiger partial charge in [-0.1, -0.05) is 6.07 Å². The third-order valence-electron chi connectivity index (χ3n) is 4.39. The number of rotatable bonds is 4. The van der Waals surface area contributed by atoms with Crippen LogP contribution in [-0.4, -0.2) is 12.5 Å². The van der Waals surface area contributed by atoms with Gasteiger partial charge in [0.05, 0.1) is 5.41 Å². The molecule has 0 spiro atoms. The van der Waals surface area contributed by atoms with Gasteiger partial charge in [-0.25, -0.2) is 0 Å². The van der Waals surface area contributed by atoms with E-state index in [9.17, 15) is 4.79 Å². The third kappa shape index (κ3) is 2.27. The molecular weight excluding hydrogens is 236 g/mol. The van der Waals surface area contributed by atoms with Gasteiger partial charge in [0.25, 0.3) is 0 Å². The Hall–Kier alpha value is -1.35. The van der Waals surface area contributed by atoms with E-state index in [1.165, 1.54) is 16.7 Å². The number of fused-ring (bicyclic) bond motifs is 1. The van der Waals surface area contributed by atoms with Gasteiger partial charge in [0.2, 0.25) is 5.91 Å². The maximum atomic E-state index is 12.1. The number of nitrogens with two attached hydrogens (primary N) is 1. The fourth-order valence-corrected chi connectivity index (χ4v) is 2.75. The Morgan fingerprint density at radius 3 is 2.53 bits per heavy atom. The molecule has 1 aromatic rings. The van der Waals surface area contributed by atoms with Crippen molar-refractivity contribution in [3.8, 4) is 0 Å². The van der Waals surface area contributed by atoms with Crippen LogP contribution >= 0.6 is 0 Å². The quantitative estimate of drug-likeness (QED) is 0.818. The Bertz CT molecular complexity index is 518. The Morgan fingerprint density at radius 1 is 1.21 bits per heavy atom. The van der Waals surface area contributed by atoms with E-state index in [0.29, 0.717) is 0 Å². The molecule has 0 fully saturated rings. The standard InChI is InChI=1S/C16H24N2O/c1-10-11(2)14-13(16(3,4)15(19)18-14)9-12(10)7-5-6-8-17/h9H,5-8,17H2,1-4H3,(H,18,19). The van der Waals surface area contributed by atoms with E-state index in [1.807, 2.05) is 13.8 Å². The molecule has 2 rings (SSSR count). The van der Waals surface area contributed by atoms with E-state index in [-0.39, 0.29) is 5.91 Å². The molecule has 3 nitrogen and oxygen atoms in total. The van der Waals surface area contributed by atoms with Crippen molar-refractivity contribution in [2.75, 3.05) is 11.9 Å². The summed E-state index contributed by atoms with van der Waals surface area (Å²) in [5.74, 6) is 0.101. The molecule has 0 aromatic heterocycles. The van der Waals surface area contributed by atoms with Gasteiger partial charge in [-0.2, -0.15) is 0 Å². The van der Waals surface area contributed by atoms with Crippen molar-refractivity contribution in [1.82, 2.24) is 0 Å². The van der Waals surface area contributed by atoms with Crippen molar-refractivity contribution >= 4 is 11.6 Å². The summed E-state index contributed by atoms with van der Waals surface area (Å²) in [6, 6.07) is 2.21. The van der Waals surface area contributed by atoms with Crippen molar-refractivity contribution in [2.45, 2.75) is 52.4 Å². The lowest BCUT2D eigenvalue weighted by Crippen LogP contribution is -2.26. The van der Waals surface area contributed by atoms with Gasteiger partial charge >= 0.3 is 0 Å². The molecule has 1 amide bonds. The lowest BCUT2D eigenvalue weighted by molar-refractivity contribution is -0.119. The lowest BCUT2D eigenvalue weighted by Gasteiger charge is -2.18. The van der Waals surface area contributed by atoms with Gasteiger partial charge < -0.3 is 11.1 Å². The van der Waals surface area contributed by atoms with Crippen LogP contribution in [0.15, 0.2) is 6.07 Å². The summed E-state index contributed by atoms with van der Waals surface area (Å²) in [5.41, 5.74) is 11.2. The normalized spacial score (nSPS) is 16.4. The molecule has 1 aromatic carbocycles. The number of carbonyl (C=O) groups is 1. The highest BCUT2D eigenvalue weighted by molar-refractivity contribution is 6.06. The maximum absolute atomic E-state index is 12.1. The van der Waals surface area contributed by atoms with Crippen LogP contribution in [0.1, 0.15) is 48.9 Å². The van der Waals surface area contributed by atoms with Crippen molar-refractivity contribution in [3.05, 3.63) is 28.3 Å². The molecule has 1 aliphatic rings. The van der Waals surface area contributed by atoms with Crippen LogP contribution in [0.2, 0.25) is 0 Å². The fourth-order valence-electron chi connectivity index (χ4n) is 2.75. The molecule has 1 heterocycles. The highest BCUT2D eigenvalue weighted by Crippen LogP contribution is 2.41. The van der Waals surface area contributed by atoms with Crippen molar-refractivity contribution in [3.63, 3.8) is 0 Å². The summed E-state index contributed by atoms with van der Waals surface area (Å²) in [6.07, 6.45) is 3.20. The summed E-state index contributed by atoms with van der Waals surface area (Å²) in [4.78, 5) is 12.1. The minimum atomic E-state index is -0.420. The monoisotopic (exact) mass is 260 g/mol. The molecular formula is C16H24N2O. The number of hydrogen-bond acceptors (Lipinski definition) is 2. The second-order valence-electron chi connectivity index (χ2n) is 6.03. The first-order valence-electron chi connectivity index (χ1n) is 7.04. The molecule has 19 heavy (non-hydrogen) atoms. The van der Waals surface area contributed by atoms with E-state index >= 15 is 0 Å². The van der Waals surface area contributed by atoms with Gasteiger partial charge in [-0.3, -0.25) is 4.79 Å². The Morgan fingerprint density at radius 2 is 1.89 bits per heavy atom. The zero-order chi connectivity index (χ0) is 14.2. The van der Waals surface area contributed by atoms with E-state index in [2.05, 4.69) is 25.2 Å². The predicted molar refractivity (Wildman–Crippen MR) is 79.6 cm³/mol. The SMILES string of the molecule is Cc1c(CCCCN)cc2c(c1C)NC(=O)C2(C)C. The minimum absolute atomic E-state index is 0.101. The summed E-state index contributed by atoms with van der Waals surface area (Å²) >= 11 is 0. The average molecular weight is 260 g/mol. The number of carbonyl (C=O) groups excluding carboxylic acids is 1. The van der Waals surface area contributed by atoms with Crippen molar-refractivity contribution in [1.29, 1.82) is 0 Å². The zero-order valence-electron chi connectivity index (χ0n) is 12.4. The number of amides is 1. The number of hydrogen-bond donors (Lipinski definition) is 2. The topological polar surface area (TPSA) is 55.1 Å².